The Labute approximate surface area is 158 Å². The van der Waals surface area contributed by atoms with Gasteiger partial charge in [0.25, 0.3) is 15.9 Å². The van der Waals surface area contributed by atoms with E-state index >= 15 is 0 Å². The number of benzene rings is 1. The van der Waals surface area contributed by atoms with Gasteiger partial charge in [0.05, 0.1) is 5.56 Å². The molecule has 1 aromatic carbocycles. The van der Waals surface area contributed by atoms with Gasteiger partial charge in [-0.15, -0.1) is 11.3 Å². The fourth-order valence-electron chi connectivity index (χ4n) is 3.38. The lowest BCUT2D eigenvalue weighted by atomic mass is 10.0. The summed E-state index contributed by atoms with van der Waals surface area (Å²) in [5.41, 5.74) is 2.69. The summed E-state index contributed by atoms with van der Waals surface area (Å²) >= 11 is 1.12. The number of hydrogen-bond donors (Lipinski definition) is 1. The van der Waals surface area contributed by atoms with Crippen molar-refractivity contribution >= 4 is 27.3 Å². The average Bonchev–Trinajstić information content (AvgIpc) is 3.37. The van der Waals surface area contributed by atoms with E-state index in [0.717, 1.165) is 29.7 Å². The van der Waals surface area contributed by atoms with E-state index in [2.05, 4.69) is 5.32 Å². The maximum absolute atomic E-state index is 13.0. The number of carbonyl (C=O) groups excluding carboxylic acids is 1. The Hall–Kier alpha value is -1.70. The van der Waals surface area contributed by atoms with Gasteiger partial charge in [0.1, 0.15) is 4.21 Å². The summed E-state index contributed by atoms with van der Waals surface area (Å²) in [6.07, 6.45) is 3.02. The first kappa shape index (κ1) is 17.7. The van der Waals surface area contributed by atoms with E-state index in [0.29, 0.717) is 31.0 Å². The molecule has 5 nitrogen and oxygen atoms in total. The topological polar surface area (TPSA) is 66.5 Å². The van der Waals surface area contributed by atoms with E-state index in [1.165, 1.54) is 15.9 Å². The highest BCUT2D eigenvalue weighted by Gasteiger charge is 2.31. The second kappa shape index (κ2) is 6.79. The Balaban J connectivity index is 1.50. The van der Waals surface area contributed by atoms with Crippen LogP contribution < -0.4 is 5.32 Å². The Kier molecular flexibility index (Phi) is 4.62. The second-order valence-corrected chi connectivity index (χ2v) is 10.2. The smallest absolute Gasteiger partial charge is 0.252 e. The molecule has 2 heterocycles. The average molecular weight is 391 g/mol. The fourth-order valence-corrected chi connectivity index (χ4v) is 6.11. The van der Waals surface area contributed by atoms with E-state index in [1.807, 2.05) is 31.2 Å². The zero-order valence-electron chi connectivity index (χ0n) is 14.6. The SMILES string of the molecule is CC(NC(=O)c1csc(S(=O)(=O)N2CCc3ccccc3C2)c1)C1CC1. The molecule has 26 heavy (non-hydrogen) atoms. The highest BCUT2D eigenvalue weighted by molar-refractivity contribution is 7.91. The summed E-state index contributed by atoms with van der Waals surface area (Å²) < 4.78 is 27.7. The number of thiophene rings is 1. The Bertz CT molecular complexity index is 932. The predicted octanol–water partition coefficient (Wildman–Crippen LogP) is 3.02. The number of nitrogens with zero attached hydrogens (tertiary/aromatic N) is 1. The molecule has 1 fully saturated rings. The first-order valence-corrected chi connectivity index (χ1v) is 11.2. The maximum atomic E-state index is 13.0. The zero-order valence-corrected chi connectivity index (χ0v) is 16.3. The summed E-state index contributed by atoms with van der Waals surface area (Å²) in [5, 5.41) is 4.61. The largest absolute Gasteiger partial charge is 0.349 e. The molecule has 7 heteroatoms. The summed E-state index contributed by atoms with van der Waals surface area (Å²) in [6.45, 7) is 2.86. The van der Waals surface area contributed by atoms with Crippen LogP contribution in [-0.2, 0) is 23.0 Å². The van der Waals surface area contributed by atoms with E-state index in [1.54, 1.807) is 5.38 Å². The summed E-state index contributed by atoms with van der Waals surface area (Å²) in [5.74, 6) is 0.375. The number of carbonyl (C=O) groups is 1. The number of amides is 1. The molecule has 1 amide bonds. The molecule has 0 spiro atoms. The van der Waals surface area contributed by atoms with E-state index in [9.17, 15) is 13.2 Å². The van der Waals surface area contributed by atoms with Crippen LogP contribution in [0.2, 0.25) is 0 Å². The molecule has 0 radical (unpaired) electrons. The van der Waals surface area contributed by atoms with E-state index in [-0.39, 0.29) is 16.2 Å². The molecule has 1 atom stereocenters. The Morgan fingerprint density at radius 1 is 1.27 bits per heavy atom. The monoisotopic (exact) mass is 390 g/mol. The van der Waals surface area contributed by atoms with Gasteiger partial charge in [-0.3, -0.25) is 4.79 Å². The van der Waals surface area contributed by atoms with Crippen molar-refractivity contribution in [1.82, 2.24) is 9.62 Å². The quantitative estimate of drug-likeness (QED) is 0.853. The highest BCUT2D eigenvalue weighted by atomic mass is 32.2. The van der Waals surface area contributed by atoms with E-state index < -0.39 is 10.0 Å². The van der Waals surface area contributed by atoms with Crippen LogP contribution in [-0.4, -0.2) is 31.2 Å². The van der Waals surface area contributed by atoms with Crippen molar-refractivity contribution in [1.29, 1.82) is 0 Å². The molecular weight excluding hydrogens is 368 g/mol. The first-order valence-electron chi connectivity index (χ1n) is 8.91. The van der Waals surface area contributed by atoms with Gasteiger partial charge in [0.2, 0.25) is 0 Å². The number of rotatable bonds is 5. The number of sulfonamides is 1. The first-order chi connectivity index (χ1) is 12.4. The summed E-state index contributed by atoms with van der Waals surface area (Å²) in [4.78, 5) is 12.4. The van der Waals surface area contributed by atoms with Crippen molar-refractivity contribution in [3.63, 3.8) is 0 Å². The highest BCUT2D eigenvalue weighted by Crippen LogP contribution is 2.33. The minimum atomic E-state index is -3.58. The molecule has 1 saturated carbocycles. The number of nitrogens with one attached hydrogen (secondary N) is 1. The van der Waals surface area contributed by atoms with Gasteiger partial charge in [-0.1, -0.05) is 24.3 Å². The molecular formula is C19H22N2O3S2. The van der Waals surface area contributed by atoms with Gasteiger partial charge in [0.15, 0.2) is 0 Å². The predicted molar refractivity (Wildman–Crippen MR) is 102 cm³/mol. The van der Waals surface area contributed by atoms with Crippen molar-refractivity contribution in [3.8, 4) is 0 Å². The van der Waals surface area contributed by atoms with Gasteiger partial charge >= 0.3 is 0 Å². The molecule has 1 unspecified atom stereocenters. The van der Waals surface area contributed by atoms with Crippen molar-refractivity contribution in [2.24, 2.45) is 5.92 Å². The minimum Gasteiger partial charge on any atom is -0.349 e. The number of fused-ring (bicyclic) bond motifs is 1. The maximum Gasteiger partial charge on any atom is 0.252 e. The normalized spacial score (nSPS) is 19.0. The molecule has 4 rings (SSSR count). The van der Waals surface area contributed by atoms with Gasteiger partial charge in [0, 0.05) is 24.5 Å². The zero-order chi connectivity index (χ0) is 18.3. The standard InChI is InChI=1S/C19H22N2O3S2/c1-13(14-6-7-14)20-19(22)17-10-18(25-12-17)26(23,24)21-9-8-15-4-2-3-5-16(15)11-21/h2-5,10,12-14H,6-9,11H2,1H3,(H,20,22). The van der Waals surface area contributed by atoms with Crippen molar-refractivity contribution in [2.75, 3.05) is 6.54 Å². The molecule has 2 aliphatic rings. The van der Waals surface area contributed by atoms with Crippen LogP contribution in [0, 0.1) is 5.92 Å². The van der Waals surface area contributed by atoms with Crippen LogP contribution in [0.25, 0.3) is 0 Å². The lowest BCUT2D eigenvalue weighted by Crippen LogP contribution is -2.35. The Morgan fingerprint density at radius 2 is 2.00 bits per heavy atom. The van der Waals surface area contributed by atoms with Crippen LogP contribution in [0.15, 0.2) is 39.9 Å². The fraction of sp³-hybridized carbons (Fsp3) is 0.421. The van der Waals surface area contributed by atoms with Crippen molar-refractivity contribution < 1.29 is 13.2 Å². The van der Waals surface area contributed by atoms with Crippen LogP contribution in [0.1, 0.15) is 41.3 Å². The molecule has 0 bridgehead atoms. The summed E-state index contributed by atoms with van der Waals surface area (Å²) in [6, 6.07) is 9.59. The van der Waals surface area contributed by atoms with Gasteiger partial charge in [-0.05, 0) is 49.3 Å². The van der Waals surface area contributed by atoms with Gasteiger partial charge in [-0.25, -0.2) is 8.42 Å². The lowest BCUT2D eigenvalue weighted by Gasteiger charge is -2.27. The van der Waals surface area contributed by atoms with Gasteiger partial charge in [-0.2, -0.15) is 4.31 Å². The molecule has 1 aliphatic carbocycles. The molecule has 2 aromatic rings. The number of hydrogen-bond acceptors (Lipinski definition) is 4. The van der Waals surface area contributed by atoms with Gasteiger partial charge < -0.3 is 5.32 Å². The lowest BCUT2D eigenvalue weighted by molar-refractivity contribution is 0.0936. The third kappa shape index (κ3) is 3.43. The third-order valence-corrected chi connectivity index (χ3v) is 8.48. The second-order valence-electron chi connectivity index (χ2n) is 7.11. The van der Waals surface area contributed by atoms with Crippen molar-refractivity contribution in [3.05, 3.63) is 52.4 Å². The third-order valence-electron chi connectivity index (χ3n) is 5.22. The van der Waals surface area contributed by atoms with Crippen LogP contribution in [0.3, 0.4) is 0 Å². The van der Waals surface area contributed by atoms with Crippen LogP contribution in [0.5, 0.6) is 0 Å². The molecule has 1 aliphatic heterocycles. The molecule has 1 N–H and O–H groups in total. The summed E-state index contributed by atoms with van der Waals surface area (Å²) in [7, 11) is -3.58. The molecule has 1 aromatic heterocycles. The molecule has 0 saturated heterocycles. The van der Waals surface area contributed by atoms with Crippen LogP contribution >= 0.6 is 11.3 Å². The van der Waals surface area contributed by atoms with Crippen molar-refractivity contribution in [2.45, 2.75) is 43.0 Å². The van der Waals surface area contributed by atoms with E-state index in [4.69, 9.17) is 0 Å². The van der Waals surface area contributed by atoms with Crippen LogP contribution in [0.4, 0.5) is 0 Å². The Morgan fingerprint density at radius 3 is 2.73 bits per heavy atom. The minimum absolute atomic E-state index is 0.140. The molecule has 138 valence electrons.